The Kier molecular flexibility index (Phi) is 5.18. The number of carbonyl (C=O) groups excluding carboxylic acids is 1. The van der Waals surface area contributed by atoms with Gasteiger partial charge in [-0.25, -0.2) is 0 Å². The van der Waals surface area contributed by atoms with Crippen LogP contribution in [0.5, 0.6) is 5.75 Å². The van der Waals surface area contributed by atoms with Crippen molar-refractivity contribution in [2.45, 2.75) is 25.4 Å². The maximum Gasteiger partial charge on any atom is 0.256 e. The van der Waals surface area contributed by atoms with Crippen molar-refractivity contribution in [2.75, 3.05) is 39.8 Å². The monoisotopic (exact) mass is 318 g/mol. The number of benzene rings is 1. The lowest BCUT2D eigenvalue weighted by molar-refractivity contribution is -0.139. The molecule has 3 rings (SSSR count). The van der Waals surface area contributed by atoms with Gasteiger partial charge < -0.3 is 19.6 Å². The SMILES string of the molecule is COc1cccc(C(O)C(=O)N2CCC(CN3CCCC3)C2)c1. The number of aliphatic hydroxyl groups excluding tert-OH is 1. The molecule has 0 aromatic heterocycles. The number of hydrogen-bond donors (Lipinski definition) is 1. The van der Waals surface area contributed by atoms with Crippen molar-refractivity contribution in [1.29, 1.82) is 0 Å². The smallest absolute Gasteiger partial charge is 0.256 e. The third-order valence-corrected chi connectivity index (χ3v) is 4.96. The molecule has 1 aromatic rings. The Labute approximate surface area is 137 Å². The molecule has 0 aliphatic carbocycles. The van der Waals surface area contributed by atoms with Crippen molar-refractivity contribution >= 4 is 5.91 Å². The minimum Gasteiger partial charge on any atom is -0.497 e. The van der Waals surface area contributed by atoms with Gasteiger partial charge in [0.1, 0.15) is 5.75 Å². The maximum atomic E-state index is 12.5. The van der Waals surface area contributed by atoms with Crippen molar-refractivity contribution in [2.24, 2.45) is 5.92 Å². The largest absolute Gasteiger partial charge is 0.497 e. The van der Waals surface area contributed by atoms with Crippen LogP contribution in [0, 0.1) is 5.92 Å². The predicted octanol–water partition coefficient (Wildman–Crippen LogP) is 1.67. The molecule has 2 unspecified atom stereocenters. The summed E-state index contributed by atoms with van der Waals surface area (Å²) in [6.45, 7) is 4.97. The quantitative estimate of drug-likeness (QED) is 0.897. The zero-order chi connectivity index (χ0) is 16.2. The highest BCUT2D eigenvalue weighted by Crippen LogP contribution is 2.25. The molecule has 5 heteroatoms. The van der Waals surface area contributed by atoms with E-state index >= 15 is 0 Å². The number of hydrogen-bond acceptors (Lipinski definition) is 4. The van der Waals surface area contributed by atoms with Crippen LogP contribution >= 0.6 is 0 Å². The first-order chi connectivity index (χ1) is 11.2. The van der Waals surface area contributed by atoms with Gasteiger partial charge in [-0.2, -0.15) is 0 Å². The van der Waals surface area contributed by atoms with Crippen LogP contribution in [0.15, 0.2) is 24.3 Å². The molecule has 1 N–H and O–H groups in total. The number of ether oxygens (including phenoxy) is 1. The summed E-state index contributed by atoms with van der Waals surface area (Å²) in [6, 6.07) is 7.09. The van der Waals surface area contributed by atoms with Crippen molar-refractivity contribution < 1.29 is 14.6 Å². The van der Waals surface area contributed by atoms with Crippen LogP contribution in [0.1, 0.15) is 30.9 Å². The van der Waals surface area contributed by atoms with Crippen LogP contribution in [0.4, 0.5) is 0 Å². The lowest BCUT2D eigenvalue weighted by Crippen LogP contribution is -2.35. The minimum atomic E-state index is -1.10. The zero-order valence-corrected chi connectivity index (χ0v) is 13.8. The van der Waals surface area contributed by atoms with Crippen LogP contribution in [-0.2, 0) is 4.79 Å². The average Bonchev–Trinajstić information content (AvgIpc) is 3.26. The van der Waals surface area contributed by atoms with E-state index in [1.165, 1.54) is 25.9 Å². The van der Waals surface area contributed by atoms with Gasteiger partial charge in [0.2, 0.25) is 0 Å². The number of rotatable bonds is 5. The van der Waals surface area contributed by atoms with Crippen LogP contribution in [0.25, 0.3) is 0 Å². The molecule has 23 heavy (non-hydrogen) atoms. The molecule has 126 valence electrons. The first kappa shape index (κ1) is 16.3. The maximum absolute atomic E-state index is 12.5. The molecule has 1 amide bonds. The van der Waals surface area contributed by atoms with E-state index < -0.39 is 6.10 Å². The Bertz CT molecular complexity index is 543. The summed E-state index contributed by atoms with van der Waals surface area (Å²) in [6.07, 6.45) is 2.52. The fourth-order valence-electron chi connectivity index (χ4n) is 3.64. The minimum absolute atomic E-state index is 0.192. The third kappa shape index (κ3) is 3.85. The number of carbonyl (C=O) groups is 1. The molecule has 2 heterocycles. The Balaban J connectivity index is 1.57. The number of aliphatic hydroxyl groups is 1. The molecule has 2 saturated heterocycles. The summed E-state index contributed by atoms with van der Waals surface area (Å²) in [7, 11) is 1.58. The van der Waals surface area contributed by atoms with E-state index in [0.717, 1.165) is 26.1 Å². The molecule has 0 saturated carbocycles. The fourth-order valence-corrected chi connectivity index (χ4v) is 3.64. The molecular weight excluding hydrogens is 292 g/mol. The summed E-state index contributed by atoms with van der Waals surface area (Å²) < 4.78 is 5.16. The van der Waals surface area contributed by atoms with Crippen LogP contribution < -0.4 is 4.74 Å². The fraction of sp³-hybridized carbons (Fsp3) is 0.611. The van der Waals surface area contributed by atoms with Crippen LogP contribution in [-0.4, -0.2) is 60.6 Å². The lowest BCUT2D eigenvalue weighted by atomic mass is 10.1. The first-order valence-corrected chi connectivity index (χ1v) is 8.50. The molecule has 0 radical (unpaired) electrons. The Morgan fingerprint density at radius 1 is 1.35 bits per heavy atom. The molecule has 0 bridgehead atoms. The number of nitrogens with zero attached hydrogens (tertiary/aromatic N) is 2. The Morgan fingerprint density at radius 2 is 2.13 bits per heavy atom. The zero-order valence-electron chi connectivity index (χ0n) is 13.8. The highest BCUT2D eigenvalue weighted by atomic mass is 16.5. The van der Waals surface area contributed by atoms with Gasteiger partial charge in [0.05, 0.1) is 7.11 Å². The van der Waals surface area contributed by atoms with Gasteiger partial charge in [0.15, 0.2) is 6.10 Å². The molecular formula is C18H26N2O3. The topological polar surface area (TPSA) is 53.0 Å². The summed E-state index contributed by atoms with van der Waals surface area (Å²) in [5.41, 5.74) is 0.595. The molecule has 2 aliphatic heterocycles. The average molecular weight is 318 g/mol. The predicted molar refractivity (Wildman–Crippen MR) is 88.3 cm³/mol. The van der Waals surface area contributed by atoms with E-state index in [2.05, 4.69) is 4.90 Å². The molecule has 2 aliphatic rings. The van der Waals surface area contributed by atoms with Gasteiger partial charge in [-0.1, -0.05) is 12.1 Å². The summed E-state index contributed by atoms with van der Waals surface area (Å²) in [5.74, 6) is 0.999. The van der Waals surface area contributed by atoms with E-state index in [4.69, 9.17) is 4.74 Å². The molecule has 0 spiro atoms. The Morgan fingerprint density at radius 3 is 2.87 bits per heavy atom. The van der Waals surface area contributed by atoms with E-state index in [9.17, 15) is 9.90 Å². The van der Waals surface area contributed by atoms with Gasteiger partial charge in [0, 0.05) is 19.6 Å². The normalized spacial score (nSPS) is 23.2. The number of amides is 1. The standard InChI is InChI=1S/C18H26N2O3/c1-23-16-6-4-5-15(11-16)17(21)18(22)20-10-7-14(13-20)12-19-8-2-3-9-19/h4-6,11,14,17,21H,2-3,7-10,12-13H2,1H3. The molecule has 2 atom stereocenters. The van der Waals surface area contributed by atoms with Crippen molar-refractivity contribution in [3.05, 3.63) is 29.8 Å². The van der Waals surface area contributed by atoms with Crippen LogP contribution in [0.3, 0.4) is 0 Å². The van der Waals surface area contributed by atoms with Gasteiger partial charge in [-0.05, 0) is 56.0 Å². The van der Waals surface area contributed by atoms with Crippen LogP contribution in [0.2, 0.25) is 0 Å². The second-order valence-corrected chi connectivity index (χ2v) is 6.63. The molecule has 2 fully saturated rings. The van der Waals surface area contributed by atoms with Gasteiger partial charge in [-0.15, -0.1) is 0 Å². The summed E-state index contributed by atoms with van der Waals surface area (Å²) in [5, 5.41) is 10.4. The lowest BCUT2D eigenvalue weighted by Gasteiger charge is -2.22. The van der Waals surface area contributed by atoms with Gasteiger partial charge in [-0.3, -0.25) is 4.79 Å². The summed E-state index contributed by atoms with van der Waals surface area (Å²) in [4.78, 5) is 16.9. The number of likely N-dealkylation sites (tertiary alicyclic amines) is 2. The second kappa shape index (κ2) is 7.32. The van der Waals surface area contributed by atoms with Crippen molar-refractivity contribution in [3.63, 3.8) is 0 Å². The van der Waals surface area contributed by atoms with E-state index in [-0.39, 0.29) is 5.91 Å². The second-order valence-electron chi connectivity index (χ2n) is 6.63. The van der Waals surface area contributed by atoms with Crippen molar-refractivity contribution in [1.82, 2.24) is 9.80 Å². The van der Waals surface area contributed by atoms with Gasteiger partial charge in [0.25, 0.3) is 5.91 Å². The highest BCUT2D eigenvalue weighted by molar-refractivity contribution is 5.82. The highest BCUT2D eigenvalue weighted by Gasteiger charge is 2.32. The van der Waals surface area contributed by atoms with E-state index in [1.54, 1.807) is 25.3 Å². The third-order valence-electron chi connectivity index (χ3n) is 4.96. The first-order valence-electron chi connectivity index (χ1n) is 8.50. The van der Waals surface area contributed by atoms with Crippen molar-refractivity contribution in [3.8, 4) is 5.75 Å². The van der Waals surface area contributed by atoms with E-state index in [0.29, 0.717) is 17.2 Å². The van der Waals surface area contributed by atoms with Gasteiger partial charge >= 0.3 is 0 Å². The van der Waals surface area contributed by atoms with E-state index in [1.807, 2.05) is 11.0 Å². The summed E-state index contributed by atoms with van der Waals surface area (Å²) >= 11 is 0. The number of methoxy groups -OCH3 is 1. The molecule has 5 nitrogen and oxygen atoms in total. The molecule has 1 aromatic carbocycles. The Hall–Kier alpha value is -1.59.